The predicted octanol–water partition coefficient (Wildman–Crippen LogP) is 3.97. The van der Waals surface area contributed by atoms with Gasteiger partial charge in [-0.25, -0.2) is 4.39 Å². The van der Waals surface area contributed by atoms with E-state index in [1.165, 1.54) is 6.07 Å². The fraction of sp³-hybridized carbons (Fsp3) is 0.188. The summed E-state index contributed by atoms with van der Waals surface area (Å²) in [7, 11) is 1.69. The normalized spacial score (nSPS) is 10.3. The molecule has 2 aromatic carbocycles. The highest BCUT2D eigenvalue weighted by Gasteiger charge is 2.11. The van der Waals surface area contributed by atoms with Crippen LogP contribution >= 0.6 is 15.9 Å². The first-order valence-corrected chi connectivity index (χ1v) is 7.28. The van der Waals surface area contributed by atoms with Crippen LogP contribution in [0.3, 0.4) is 0 Å². The first-order chi connectivity index (χ1) is 9.97. The molecule has 3 nitrogen and oxygen atoms in total. The van der Waals surface area contributed by atoms with Crippen molar-refractivity contribution in [3.8, 4) is 0 Å². The lowest BCUT2D eigenvalue weighted by molar-refractivity contribution is -0.114. The van der Waals surface area contributed by atoms with Crippen LogP contribution in [-0.2, 0) is 4.79 Å². The van der Waals surface area contributed by atoms with Crippen LogP contribution in [-0.4, -0.2) is 19.5 Å². The number of aryl methyl sites for hydroxylation is 1. The molecule has 0 unspecified atom stereocenters. The van der Waals surface area contributed by atoms with Crippen LogP contribution < -0.4 is 10.2 Å². The molecule has 0 heterocycles. The Labute approximate surface area is 131 Å². The summed E-state index contributed by atoms with van der Waals surface area (Å²) in [5.41, 5.74) is 2.12. The van der Waals surface area contributed by atoms with Gasteiger partial charge in [0.15, 0.2) is 0 Å². The lowest BCUT2D eigenvalue weighted by atomic mass is 10.2. The maximum Gasteiger partial charge on any atom is 0.243 e. The number of carbonyl (C=O) groups is 1. The summed E-state index contributed by atoms with van der Waals surface area (Å²) in [6.07, 6.45) is 0. The molecule has 21 heavy (non-hydrogen) atoms. The van der Waals surface area contributed by atoms with Crippen molar-refractivity contribution in [2.24, 2.45) is 0 Å². The van der Waals surface area contributed by atoms with Crippen LogP contribution in [0.2, 0.25) is 0 Å². The molecule has 0 fully saturated rings. The van der Waals surface area contributed by atoms with Crippen molar-refractivity contribution >= 4 is 33.2 Å². The summed E-state index contributed by atoms with van der Waals surface area (Å²) >= 11 is 3.38. The molecule has 0 saturated carbocycles. The lowest BCUT2D eigenvalue weighted by Crippen LogP contribution is -2.30. The molecule has 0 aromatic heterocycles. The summed E-state index contributed by atoms with van der Waals surface area (Å²) in [6.45, 7) is 2.00. The average molecular weight is 351 g/mol. The van der Waals surface area contributed by atoms with E-state index in [4.69, 9.17) is 0 Å². The van der Waals surface area contributed by atoms with Gasteiger partial charge in [-0.2, -0.15) is 0 Å². The number of rotatable bonds is 4. The van der Waals surface area contributed by atoms with Gasteiger partial charge in [-0.05, 0) is 42.8 Å². The van der Waals surface area contributed by atoms with Crippen LogP contribution in [0.5, 0.6) is 0 Å². The number of nitrogens with zero attached hydrogens (tertiary/aromatic N) is 1. The van der Waals surface area contributed by atoms with E-state index in [-0.39, 0.29) is 18.3 Å². The van der Waals surface area contributed by atoms with Gasteiger partial charge in [0.25, 0.3) is 0 Å². The van der Waals surface area contributed by atoms with Crippen LogP contribution in [0.25, 0.3) is 0 Å². The van der Waals surface area contributed by atoms with Gasteiger partial charge < -0.3 is 10.2 Å². The van der Waals surface area contributed by atoms with E-state index in [1.807, 2.05) is 25.1 Å². The Morgan fingerprint density at radius 2 is 2.00 bits per heavy atom. The number of para-hydroxylation sites is 1. The average Bonchev–Trinajstić information content (AvgIpc) is 2.42. The molecule has 0 aliphatic carbocycles. The van der Waals surface area contributed by atoms with Gasteiger partial charge >= 0.3 is 0 Å². The van der Waals surface area contributed by atoms with Crippen LogP contribution in [0, 0.1) is 12.7 Å². The molecule has 0 bridgehead atoms. The number of anilines is 2. The van der Waals surface area contributed by atoms with Crippen LogP contribution in [0.1, 0.15) is 5.56 Å². The molecule has 0 atom stereocenters. The highest BCUT2D eigenvalue weighted by Crippen LogP contribution is 2.20. The molecule has 0 spiro atoms. The quantitative estimate of drug-likeness (QED) is 0.904. The number of carbonyl (C=O) groups excluding carboxylic acids is 1. The predicted molar refractivity (Wildman–Crippen MR) is 87.2 cm³/mol. The minimum Gasteiger partial charge on any atom is -0.363 e. The number of nitrogens with one attached hydrogen (secondary N) is 1. The third-order valence-electron chi connectivity index (χ3n) is 3.11. The van der Waals surface area contributed by atoms with Crippen molar-refractivity contribution in [2.75, 3.05) is 23.8 Å². The molecule has 0 aliphatic heterocycles. The van der Waals surface area contributed by atoms with Gasteiger partial charge in [-0.1, -0.05) is 28.1 Å². The first-order valence-electron chi connectivity index (χ1n) is 6.49. The van der Waals surface area contributed by atoms with Gasteiger partial charge in [-0.3, -0.25) is 4.79 Å². The summed E-state index contributed by atoms with van der Waals surface area (Å²) in [4.78, 5) is 13.6. The SMILES string of the molecule is Cc1cc(Br)ccc1NC(=O)CN(C)c1ccccc1F. The Morgan fingerprint density at radius 3 is 2.67 bits per heavy atom. The molecule has 2 rings (SSSR count). The van der Waals surface area contributed by atoms with Crippen molar-refractivity contribution in [3.05, 3.63) is 58.3 Å². The third-order valence-corrected chi connectivity index (χ3v) is 3.60. The topological polar surface area (TPSA) is 32.3 Å². The first kappa shape index (κ1) is 15.5. The Hall–Kier alpha value is -1.88. The van der Waals surface area contributed by atoms with Gasteiger partial charge in [-0.15, -0.1) is 0 Å². The number of likely N-dealkylation sites (N-methyl/N-ethyl adjacent to an activating group) is 1. The molecule has 2 aromatic rings. The Morgan fingerprint density at radius 1 is 1.29 bits per heavy atom. The number of amides is 1. The number of hydrogen-bond donors (Lipinski definition) is 1. The molecule has 1 amide bonds. The molecular formula is C16H16BrFN2O. The zero-order valence-electron chi connectivity index (χ0n) is 11.9. The van der Waals surface area contributed by atoms with Gasteiger partial charge in [0.05, 0.1) is 12.2 Å². The standard InChI is InChI=1S/C16H16BrFN2O/c1-11-9-12(17)7-8-14(11)19-16(21)10-20(2)15-6-4-3-5-13(15)18/h3-9H,10H2,1-2H3,(H,19,21). The second kappa shape index (κ2) is 6.72. The van der Waals surface area contributed by atoms with Crippen molar-refractivity contribution in [3.63, 3.8) is 0 Å². The minimum absolute atomic E-state index is 0.0798. The van der Waals surface area contributed by atoms with Crippen molar-refractivity contribution in [1.82, 2.24) is 0 Å². The van der Waals surface area contributed by atoms with Crippen molar-refractivity contribution in [1.29, 1.82) is 0 Å². The number of hydrogen-bond acceptors (Lipinski definition) is 2. The zero-order valence-corrected chi connectivity index (χ0v) is 13.4. The summed E-state index contributed by atoms with van der Waals surface area (Å²) in [5.74, 6) is -0.529. The summed E-state index contributed by atoms with van der Waals surface area (Å²) < 4.78 is 14.6. The van der Waals surface area contributed by atoms with E-state index in [1.54, 1.807) is 30.1 Å². The third kappa shape index (κ3) is 4.04. The van der Waals surface area contributed by atoms with Gasteiger partial charge in [0.1, 0.15) is 5.82 Å². The van der Waals surface area contributed by atoms with Gasteiger partial charge in [0.2, 0.25) is 5.91 Å². The van der Waals surface area contributed by atoms with E-state index in [0.29, 0.717) is 5.69 Å². The molecule has 1 N–H and O–H groups in total. The van der Waals surface area contributed by atoms with Gasteiger partial charge in [0, 0.05) is 17.2 Å². The monoisotopic (exact) mass is 350 g/mol. The molecule has 110 valence electrons. The molecular weight excluding hydrogens is 335 g/mol. The van der Waals surface area contributed by atoms with Crippen LogP contribution in [0.15, 0.2) is 46.9 Å². The zero-order chi connectivity index (χ0) is 15.4. The van der Waals surface area contributed by atoms with Crippen LogP contribution in [0.4, 0.5) is 15.8 Å². The van der Waals surface area contributed by atoms with Crippen molar-refractivity contribution in [2.45, 2.75) is 6.92 Å². The Bertz CT molecular complexity index is 660. The maximum absolute atomic E-state index is 13.6. The van der Waals surface area contributed by atoms with E-state index in [2.05, 4.69) is 21.2 Å². The molecule has 0 aliphatic rings. The Balaban J connectivity index is 2.03. The number of halogens is 2. The van der Waals surface area contributed by atoms with E-state index >= 15 is 0 Å². The fourth-order valence-corrected chi connectivity index (χ4v) is 2.49. The summed E-state index contributed by atoms with van der Waals surface area (Å²) in [5, 5.41) is 2.83. The highest BCUT2D eigenvalue weighted by molar-refractivity contribution is 9.10. The highest BCUT2D eigenvalue weighted by atomic mass is 79.9. The molecule has 0 radical (unpaired) electrons. The summed E-state index contributed by atoms with van der Waals surface area (Å²) in [6, 6.07) is 12.0. The smallest absolute Gasteiger partial charge is 0.243 e. The second-order valence-electron chi connectivity index (χ2n) is 4.81. The van der Waals surface area contributed by atoms with E-state index < -0.39 is 0 Å². The fourth-order valence-electron chi connectivity index (χ4n) is 2.02. The maximum atomic E-state index is 13.6. The minimum atomic E-state index is -0.340. The largest absolute Gasteiger partial charge is 0.363 e. The van der Waals surface area contributed by atoms with Crippen molar-refractivity contribution < 1.29 is 9.18 Å². The molecule has 0 saturated heterocycles. The second-order valence-corrected chi connectivity index (χ2v) is 5.73. The molecule has 5 heteroatoms. The lowest BCUT2D eigenvalue weighted by Gasteiger charge is -2.19. The van der Waals surface area contributed by atoms with E-state index in [9.17, 15) is 9.18 Å². The van der Waals surface area contributed by atoms with E-state index in [0.717, 1.165) is 15.7 Å². The Kier molecular flexibility index (Phi) is 4.96. The number of benzene rings is 2.